The third-order valence-corrected chi connectivity index (χ3v) is 5.72. The number of fused-ring (bicyclic) bond motifs is 4. The van der Waals surface area contributed by atoms with Crippen molar-refractivity contribution >= 4 is 27.8 Å². The van der Waals surface area contributed by atoms with Crippen molar-refractivity contribution in [2.75, 3.05) is 12.4 Å². The standard InChI is InChI=1S/C24H21NO2/c1-27-17-12-9-16(10-13-17)24-23-19(7-4-8-21(23)26)22-18-6-3-2-5-15(18)11-14-20(22)25-24/h2-3,5-6,9-14,24-25H,4,7-8H2,1H3/t24-/m0/s1. The number of benzene rings is 3. The number of ketones is 1. The van der Waals surface area contributed by atoms with Gasteiger partial charge in [-0.3, -0.25) is 4.79 Å². The van der Waals surface area contributed by atoms with E-state index >= 15 is 0 Å². The second-order valence-electron chi connectivity index (χ2n) is 7.23. The number of carbonyl (C=O) groups excluding carboxylic acids is 1. The van der Waals surface area contributed by atoms with Crippen LogP contribution in [0.1, 0.15) is 36.4 Å². The van der Waals surface area contributed by atoms with Crippen molar-refractivity contribution in [2.24, 2.45) is 0 Å². The highest BCUT2D eigenvalue weighted by Crippen LogP contribution is 2.47. The number of nitrogens with one attached hydrogen (secondary N) is 1. The molecule has 134 valence electrons. The van der Waals surface area contributed by atoms with Crippen LogP contribution in [0.3, 0.4) is 0 Å². The molecule has 1 heterocycles. The SMILES string of the molecule is COc1ccc([C@@H]2Nc3ccc4ccccc4c3C3=C2C(=O)CCC3)cc1. The smallest absolute Gasteiger partial charge is 0.161 e. The molecule has 0 fully saturated rings. The molecule has 5 rings (SSSR count). The monoisotopic (exact) mass is 355 g/mol. The maximum atomic E-state index is 13.0. The Kier molecular flexibility index (Phi) is 3.75. The lowest BCUT2D eigenvalue weighted by molar-refractivity contribution is -0.116. The summed E-state index contributed by atoms with van der Waals surface area (Å²) in [5.74, 6) is 1.09. The van der Waals surface area contributed by atoms with E-state index in [0.29, 0.717) is 6.42 Å². The van der Waals surface area contributed by atoms with Crippen molar-refractivity contribution in [2.45, 2.75) is 25.3 Å². The third kappa shape index (κ3) is 2.54. The molecule has 1 atom stereocenters. The van der Waals surface area contributed by atoms with Crippen molar-refractivity contribution in [1.29, 1.82) is 0 Å². The van der Waals surface area contributed by atoms with E-state index in [-0.39, 0.29) is 11.8 Å². The fourth-order valence-electron chi connectivity index (χ4n) is 4.45. The van der Waals surface area contributed by atoms with Gasteiger partial charge in [-0.1, -0.05) is 42.5 Å². The highest BCUT2D eigenvalue weighted by molar-refractivity contribution is 6.12. The van der Waals surface area contributed by atoms with Gasteiger partial charge in [0.15, 0.2) is 5.78 Å². The van der Waals surface area contributed by atoms with Gasteiger partial charge in [0, 0.05) is 23.2 Å². The van der Waals surface area contributed by atoms with E-state index in [1.807, 2.05) is 12.1 Å². The highest BCUT2D eigenvalue weighted by Gasteiger charge is 2.34. The van der Waals surface area contributed by atoms with Crippen molar-refractivity contribution in [3.8, 4) is 5.75 Å². The van der Waals surface area contributed by atoms with Gasteiger partial charge >= 0.3 is 0 Å². The molecule has 3 aromatic carbocycles. The minimum absolute atomic E-state index is 0.104. The van der Waals surface area contributed by atoms with Gasteiger partial charge in [-0.25, -0.2) is 0 Å². The fourth-order valence-corrected chi connectivity index (χ4v) is 4.45. The van der Waals surface area contributed by atoms with E-state index in [4.69, 9.17) is 4.74 Å². The maximum absolute atomic E-state index is 13.0. The lowest BCUT2D eigenvalue weighted by Gasteiger charge is -2.35. The summed E-state index contributed by atoms with van der Waals surface area (Å²) in [6.07, 6.45) is 2.51. The number of carbonyl (C=O) groups is 1. The van der Waals surface area contributed by atoms with Crippen LogP contribution in [0, 0.1) is 0 Å². The quantitative estimate of drug-likeness (QED) is 0.657. The van der Waals surface area contributed by atoms with Gasteiger partial charge in [0.05, 0.1) is 13.2 Å². The largest absolute Gasteiger partial charge is 0.497 e. The molecule has 0 radical (unpaired) electrons. The van der Waals surface area contributed by atoms with Crippen LogP contribution in [0.4, 0.5) is 5.69 Å². The predicted octanol–water partition coefficient (Wildman–Crippen LogP) is 5.52. The molecule has 0 saturated heterocycles. The second kappa shape index (κ2) is 6.27. The van der Waals surface area contributed by atoms with Crippen molar-refractivity contribution in [1.82, 2.24) is 0 Å². The Morgan fingerprint density at radius 1 is 0.963 bits per heavy atom. The van der Waals surface area contributed by atoms with Gasteiger partial charge in [0.2, 0.25) is 0 Å². The Labute approximate surface area is 158 Å². The van der Waals surface area contributed by atoms with Crippen LogP contribution in [-0.4, -0.2) is 12.9 Å². The average Bonchev–Trinajstić information content (AvgIpc) is 2.73. The molecule has 1 aliphatic carbocycles. The molecule has 0 saturated carbocycles. The van der Waals surface area contributed by atoms with E-state index in [9.17, 15) is 4.79 Å². The molecule has 3 aromatic rings. The zero-order valence-corrected chi connectivity index (χ0v) is 15.3. The number of hydrogen-bond acceptors (Lipinski definition) is 3. The zero-order chi connectivity index (χ0) is 18.4. The van der Waals surface area contributed by atoms with Crippen LogP contribution in [0.15, 0.2) is 66.2 Å². The van der Waals surface area contributed by atoms with Crippen LogP contribution in [0.5, 0.6) is 5.75 Å². The third-order valence-electron chi connectivity index (χ3n) is 5.72. The summed E-state index contributed by atoms with van der Waals surface area (Å²) in [5, 5.41) is 6.09. The molecule has 0 unspecified atom stereocenters. The molecule has 2 aliphatic rings. The molecular weight excluding hydrogens is 334 g/mol. The minimum atomic E-state index is -0.104. The lowest BCUT2D eigenvalue weighted by atomic mass is 9.77. The maximum Gasteiger partial charge on any atom is 0.161 e. The van der Waals surface area contributed by atoms with E-state index < -0.39 is 0 Å². The van der Waals surface area contributed by atoms with Crippen LogP contribution in [0.25, 0.3) is 16.3 Å². The van der Waals surface area contributed by atoms with Gasteiger partial charge < -0.3 is 10.1 Å². The highest BCUT2D eigenvalue weighted by atomic mass is 16.5. The molecule has 0 amide bonds. The number of Topliss-reactive ketones (excluding diaryl/α,β-unsaturated/α-hetero) is 1. The van der Waals surface area contributed by atoms with Gasteiger partial charge in [-0.15, -0.1) is 0 Å². The first-order chi connectivity index (χ1) is 13.3. The molecule has 0 bridgehead atoms. The molecule has 0 aromatic heterocycles. The normalized spacial score (nSPS) is 18.7. The van der Waals surface area contributed by atoms with E-state index in [1.165, 1.54) is 21.9 Å². The summed E-state index contributed by atoms with van der Waals surface area (Å²) in [4.78, 5) is 13.0. The predicted molar refractivity (Wildman–Crippen MR) is 109 cm³/mol. The van der Waals surface area contributed by atoms with Gasteiger partial charge in [-0.05, 0) is 52.9 Å². The molecular formula is C24H21NO2. The molecule has 3 nitrogen and oxygen atoms in total. The van der Waals surface area contributed by atoms with Gasteiger partial charge in [0.1, 0.15) is 5.75 Å². The summed E-state index contributed by atoms with van der Waals surface area (Å²) >= 11 is 0. The average molecular weight is 355 g/mol. The summed E-state index contributed by atoms with van der Waals surface area (Å²) in [7, 11) is 1.67. The Bertz CT molecular complexity index is 1080. The van der Waals surface area contributed by atoms with Gasteiger partial charge in [-0.2, -0.15) is 0 Å². The Hall–Kier alpha value is -3.07. The fraction of sp³-hybridized carbons (Fsp3) is 0.208. The first kappa shape index (κ1) is 16.1. The van der Waals surface area contributed by atoms with Crippen LogP contribution >= 0.6 is 0 Å². The Balaban J connectivity index is 1.73. The molecule has 27 heavy (non-hydrogen) atoms. The van der Waals surface area contributed by atoms with Crippen LogP contribution < -0.4 is 10.1 Å². The van der Waals surface area contributed by atoms with Crippen molar-refractivity contribution in [3.05, 3.63) is 77.4 Å². The number of ether oxygens (including phenoxy) is 1. The summed E-state index contributed by atoms with van der Waals surface area (Å²) in [6.45, 7) is 0. The lowest BCUT2D eigenvalue weighted by Crippen LogP contribution is -2.27. The number of anilines is 1. The summed E-state index contributed by atoms with van der Waals surface area (Å²) in [5.41, 5.74) is 5.58. The first-order valence-corrected chi connectivity index (χ1v) is 9.45. The number of hydrogen-bond donors (Lipinski definition) is 1. The minimum Gasteiger partial charge on any atom is -0.497 e. The van der Waals surface area contributed by atoms with Crippen LogP contribution in [-0.2, 0) is 4.79 Å². The molecule has 1 N–H and O–H groups in total. The van der Waals surface area contributed by atoms with Crippen LogP contribution in [0.2, 0.25) is 0 Å². The van der Waals surface area contributed by atoms with Gasteiger partial charge in [0.25, 0.3) is 0 Å². The Morgan fingerprint density at radius 3 is 2.59 bits per heavy atom. The summed E-state index contributed by atoms with van der Waals surface area (Å²) < 4.78 is 5.29. The number of methoxy groups -OCH3 is 1. The van der Waals surface area contributed by atoms with Crippen molar-refractivity contribution in [3.63, 3.8) is 0 Å². The molecule has 0 spiro atoms. The van der Waals surface area contributed by atoms with Crippen molar-refractivity contribution < 1.29 is 9.53 Å². The molecule has 1 aliphatic heterocycles. The zero-order valence-electron chi connectivity index (χ0n) is 15.3. The van der Waals surface area contributed by atoms with E-state index in [0.717, 1.165) is 35.4 Å². The Morgan fingerprint density at radius 2 is 1.78 bits per heavy atom. The summed E-state index contributed by atoms with van der Waals surface area (Å²) in [6, 6.07) is 20.6. The first-order valence-electron chi connectivity index (χ1n) is 9.45. The number of rotatable bonds is 2. The molecule has 3 heteroatoms. The van der Waals surface area contributed by atoms with E-state index in [1.54, 1.807) is 7.11 Å². The van der Waals surface area contributed by atoms with E-state index in [2.05, 4.69) is 53.8 Å². The second-order valence-corrected chi connectivity index (χ2v) is 7.23. The topological polar surface area (TPSA) is 38.3 Å². The number of allylic oxidation sites excluding steroid dienone is 1.